The van der Waals surface area contributed by atoms with E-state index in [1.807, 2.05) is 118 Å². The van der Waals surface area contributed by atoms with Crippen molar-refractivity contribution in [2.24, 2.45) is 0 Å². The van der Waals surface area contributed by atoms with Gasteiger partial charge in [0.15, 0.2) is 0 Å². The van der Waals surface area contributed by atoms with Crippen LogP contribution < -0.4 is 10.6 Å². The molecule has 2 aromatic heterocycles. The predicted molar refractivity (Wildman–Crippen MR) is 183 cm³/mol. The number of hydrogen-bond acceptors (Lipinski definition) is 4. The molecular formula is C37H30Cl2N4O2. The SMILES string of the molecule is Cc1c(-c2ccc(Cl)cc2)nc2ccccc2c1C(=O)NCC(C)NC(=O)c1c(C)c(-c2ccc(Cl)cc2)nc2ccccc12. The minimum absolute atomic E-state index is 0.225. The van der Waals surface area contributed by atoms with E-state index < -0.39 is 0 Å². The number of nitrogens with one attached hydrogen (secondary N) is 2. The first-order chi connectivity index (χ1) is 21.7. The van der Waals surface area contributed by atoms with Crippen molar-refractivity contribution in [1.82, 2.24) is 20.6 Å². The van der Waals surface area contributed by atoms with Crippen molar-refractivity contribution in [2.45, 2.75) is 26.8 Å². The molecule has 2 amide bonds. The quantitative estimate of drug-likeness (QED) is 0.185. The van der Waals surface area contributed by atoms with Crippen LogP contribution in [0.15, 0.2) is 97.1 Å². The lowest BCUT2D eigenvalue weighted by molar-refractivity contribution is 0.0913. The summed E-state index contributed by atoms with van der Waals surface area (Å²) in [6.45, 7) is 5.90. The topological polar surface area (TPSA) is 84.0 Å². The Bertz CT molecular complexity index is 2080. The zero-order valence-corrected chi connectivity index (χ0v) is 26.5. The van der Waals surface area contributed by atoms with Gasteiger partial charge in [-0.2, -0.15) is 0 Å². The summed E-state index contributed by atoms with van der Waals surface area (Å²) in [5, 5.41) is 8.91. The van der Waals surface area contributed by atoms with Crippen LogP contribution in [0.2, 0.25) is 10.0 Å². The van der Waals surface area contributed by atoms with Gasteiger partial charge in [-0.15, -0.1) is 0 Å². The minimum atomic E-state index is -0.365. The van der Waals surface area contributed by atoms with Crippen LogP contribution in [0.5, 0.6) is 0 Å². The van der Waals surface area contributed by atoms with Crippen LogP contribution in [0.25, 0.3) is 44.3 Å². The number of carbonyl (C=O) groups excluding carboxylic acids is 2. The molecule has 8 heteroatoms. The monoisotopic (exact) mass is 632 g/mol. The Hall–Kier alpha value is -4.78. The Kier molecular flexibility index (Phi) is 8.52. The van der Waals surface area contributed by atoms with Crippen LogP contribution in [-0.4, -0.2) is 34.4 Å². The molecule has 0 fully saturated rings. The molecule has 0 bridgehead atoms. The first kappa shape index (κ1) is 30.3. The van der Waals surface area contributed by atoms with Gasteiger partial charge in [0.05, 0.1) is 33.5 Å². The summed E-state index contributed by atoms with van der Waals surface area (Å²) in [6, 6.07) is 29.6. The molecule has 1 atom stereocenters. The smallest absolute Gasteiger partial charge is 0.252 e. The fourth-order valence-corrected chi connectivity index (χ4v) is 5.91. The van der Waals surface area contributed by atoms with Gasteiger partial charge in [-0.1, -0.05) is 83.9 Å². The Morgan fingerprint density at radius 3 is 1.53 bits per heavy atom. The third-order valence-corrected chi connectivity index (χ3v) is 8.41. The Labute approximate surface area is 271 Å². The lowest BCUT2D eigenvalue weighted by Crippen LogP contribution is -2.42. The summed E-state index contributed by atoms with van der Waals surface area (Å²) in [5.41, 5.74) is 7.23. The Morgan fingerprint density at radius 1 is 0.644 bits per heavy atom. The number of rotatable bonds is 7. The van der Waals surface area contributed by atoms with Crippen LogP contribution >= 0.6 is 23.2 Å². The summed E-state index contributed by atoms with van der Waals surface area (Å²) < 4.78 is 0. The highest BCUT2D eigenvalue weighted by Gasteiger charge is 2.22. The van der Waals surface area contributed by atoms with Gasteiger partial charge in [0.25, 0.3) is 11.8 Å². The van der Waals surface area contributed by atoms with Gasteiger partial charge in [0.2, 0.25) is 0 Å². The van der Waals surface area contributed by atoms with Crippen molar-refractivity contribution in [2.75, 3.05) is 6.54 Å². The van der Waals surface area contributed by atoms with Gasteiger partial charge in [-0.25, -0.2) is 9.97 Å². The number of hydrogen-bond donors (Lipinski definition) is 2. The van der Waals surface area contributed by atoms with E-state index in [2.05, 4.69) is 10.6 Å². The van der Waals surface area contributed by atoms with Gasteiger partial charge in [-0.05, 0) is 68.3 Å². The van der Waals surface area contributed by atoms with E-state index in [1.165, 1.54) is 0 Å². The maximum Gasteiger partial charge on any atom is 0.252 e. The standard InChI is InChI=1S/C37H30Cl2N4O2/c1-21(41-37(45)33-23(3)35(25-14-18-27(39)19-15-25)43-31-11-7-5-9-29(31)33)20-40-36(44)32-22(2)34(24-12-16-26(38)17-13-24)42-30-10-6-4-8-28(30)32/h4-19,21H,20H2,1-3H3,(H,40,44)(H,41,45). The second-order valence-corrected chi connectivity index (χ2v) is 11.9. The van der Waals surface area contributed by atoms with Gasteiger partial charge in [0.1, 0.15) is 0 Å². The van der Waals surface area contributed by atoms with E-state index in [1.54, 1.807) is 0 Å². The number of nitrogens with zero attached hydrogens (tertiary/aromatic N) is 2. The first-order valence-electron chi connectivity index (χ1n) is 14.6. The Balaban J connectivity index is 1.26. The van der Waals surface area contributed by atoms with Crippen LogP contribution in [0.1, 0.15) is 38.8 Å². The highest BCUT2D eigenvalue weighted by molar-refractivity contribution is 6.31. The molecule has 6 aromatic rings. The number of halogens is 2. The predicted octanol–water partition coefficient (Wildman–Crippen LogP) is 8.59. The molecule has 0 aliphatic carbocycles. The Morgan fingerprint density at radius 2 is 1.07 bits per heavy atom. The fraction of sp³-hybridized carbons (Fsp3) is 0.135. The van der Waals surface area contributed by atoms with E-state index in [0.29, 0.717) is 32.6 Å². The molecule has 2 heterocycles. The molecule has 6 rings (SSSR count). The molecule has 45 heavy (non-hydrogen) atoms. The first-order valence-corrected chi connectivity index (χ1v) is 15.4. The van der Waals surface area contributed by atoms with E-state index in [-0.39, 0.29) is 24.4 Å². The molecule has 224 valence electrons. The average molecular weight is 634 g/mol. The zero-order chi connectivity index (χ0) is 31.7. The van der Waals surface area contributed by atoms with Crippen LogP contribution in [0, 0.1) is 13.8 Å². The minimum Gasteiger partial charge on any atom is -0.350 e. The number of aromatic nitrogens is 2. The maximum absolute atomic E-state index is 13.8. The van der Waals surface area contributed by atoms with Crippen molar-refractivity contribution in [3.63, 3.8) is 0 Å². The number of benzene rings is 4. The van der Waals surface area contributed by atoms with Gasteiger partial charge in [0, 0.05) is 44.5 Å². The summed E-state index contributed by atoms with van der Waals surface area (Å²) in [5.74, 6) is -0.475. The molecule has 4 aromatic carbocycles. The largest absolute Gasteiger partial charge is 0.350 e. The van der Waals surface area contributed by atoms with Crippen molar-refractivity contribution in [3.8, 4) is 22.5 Å². The van der Waals surface area contributed by atoms with Gasteiger partial charge in [-0.3, -0.25) is 9.59 Å². The molecule has 0 saturated heterocycles. The van der Waals surface area contributed by atoms with Crippen molar-refractivity contribution < 1.29 is 9.59 Å². The zero-order valence-electron chi connectivity index (χ0n) is 25.0. The van der Waals surface area contributed by atoms with Gasteiger partial charge < -0.3 is 10.6 Å². The number of amides is 2. The molecule has 0 saturated carbocycles. The molecule has 6 nitrogen and oxygen atoms in total. The van der Waals surface area contributed by atoms with E-state index >= 15 is 0 Å². The third-order valence-electron chi connectivity index (χ3n) is 7.91. The van der Waals surface area contributed by atoms with Crippen molar-refractivity contribution >= 4 is 56.8 Å². The lowest BCUT2D eigenvalue weighted by Gasteiger charge is -2.19. The van der Waals surface area contributed by atoms with Crippen molar-refractivity contribution in [3.05, 3.63) is 129 Å². The second-order valence-electron chi connectivity index (χ2n) is 11.1. The summed E-state index contributed by atoms with van der Waals surface area (Å²) >= 11 is 12.2. The molecule has 0 spiro atoms. The molecular weight excluding hydrogens is 603 g/mol. The number of fused-ring (bicyclic) bond motifs is 2. The summed E-state index contributed by atoms with van der Waals surface area (Å²) in [4.78, 5) is 37.3. The average Bonchev–Trinajstić information content (AvgIpc) is 3.04. The highest BCUT2D eigenvalue weighted by Crippen LogP contribution is 2.32. The van der Waals surface area contributed by atoms with Crippen molar-refractivity contribution in [1.29, 1.82) is 0 Å². The van der Waals surface area contributed by atoms with Gasteiger partial charge >= 0.3 is 0 Å². The number of carbonyl (C=O) groups is 2. The number of pyridine rings is 2. The van der Waals surface area contributed by atoms with E-state index in [4.69, 9.17) is 33.2 Å². The fourth-order valence-electron chi connectivity index (χ4n) is 5.66. The van der Waals surface area contributed by atoms with Crippen LogP contribution in [0.4, 0.5) is 0 Å². The second kappa shape index (κ2) is 12.7. The lowest BCUT2D eigenvalue weighted by atomic mass is 9.97. The van der Waals surface area contributed by atoms with Crippen LogP contribution in [-0.2, 0) is 0 Å². The summed E-state index contributed by atoms with van der Waals surface area (Å²) in [7, 11) is 0. The normalized spacial score (nSPS) is 11.8. The molecule has 0 radical (unpaired) electrons. The maximum atomic E-state index is 13.8. The third kappa shape index (κ3) is 6.12. The van der Waals surface area contributed by atoms with Crippen LogP contribution in [0.3, 0.4) is 0 Å². The highest BCUT2D eigenvalue weighted by atomic mass is 35.5. The molecule has 0 aliphatic rings. The summed E-state index contributed by atoms with van der Waals surface area (Å²) in [6.07, 6.45) is 0. The molecule has 1 unspecified atom stereocenters. The number of para-hydroxylation sites is 2. The van der Waals surface area contributed by atoms with E-state index in [0.717, 1.165) is 44.1 Å². The molecule has 0 aliphatic heterocycles. The van der Waals surface area contributed by atoms with E-state index in [9.17, 15) is 9.59 Å². The molecule has 2 N–H and O–H groups in total.